The zero-order valence-electron chi connectivity index (χ0n) is 11.9. The van der Waals surface area contributed by atoms with Crippen LogP contribution in [0.25, 0.3) is 0 Å². The molecule has 0 aliphatic heterocycles. The molecule has 0 spiro atoms. The van der Waals surface area contributed by atoms with Crippen molar-refractivity contribution in [1.29, 1.82) is 5.26 Å². The summed E-state index contributed by atoms with van der Waals surface area (Å²) < 4.78 is 20.2. The van der Waals surface area contributed by atoms with Crippen molar-refractivity contribution in [2.75, 3.05) is 6.61 Å². The molecule has 0 aliphatic rings. The van der Waals surface area contributed by atoms with Gasteiger partial charge in [0, 0.05) is 12.7 Å². The Morgan fingerprint density at radius 3 is 2.86 bits per heavy atom. The van der Waals surface area contributed by atoms with Crippen LogP contribution in [0.15, 0.2) is 30.5 Å². The van der Waals surface area contributed by atoms with Gasteiger partial charge in [-0.05, 0) is 49.2 Å². The summed E-state index contributed by atoms with van der Waals surface area (Å²) >= 11 is 0. The van der Waals surface area contributed by atoms with Crippen molar-refractivity contribution >= 4 is 5.97 Å². The zero-order valence-corrected chi connectivity index (χ0v) is 11.9. The monoisotopic (exact) mass is 286 g/mol. The molecule has 0 atom stereocenters. The number of rotatable bonds is 4. The van der Waals surface area contributed by atoms with Gasteiger partial charge in [0.05, 0.1) is 18.2 Å². The molecule has 4 nitrogen and oxygen atoms in total. The summed E-state index contributed by atoms with van der Waals surface area (Å²) in [7, 11) is 0. The Balaban J connectivity index is 2.35. The molecule has 5 heteroatoms. The first kappa shape index (κ1) is 14.8. The van der Waals surface area contributed by atoms with E-state index in [0.29, 0.717) is 24.4 Å². The summed E-state index contributed by atoms with van der Waals surface area (Å²) in [6.45, 7) is 4.15. The van der Waals surface area contributed by atoms with Crippen LogP contribution in [0.5, 0.6) is 0 Å². The maximum atomic E-state index is 13.5. The molecule has 0 unspecified atom stereocenters. The van der Waals surface area contributed by atoms with Crippen molar-refractivity contribution in [2.45, 2.75) is 20.4 Å². The van der Waals surface area contributed by atoms with E-state index in [1.807, 2.05) is 13.0 Å². The van der Waals surface area contributed by atoms with Gasteiger partial charge in [-0.1, -0.05) is 0 Å². The average molecular weight is 286 g/mol. The van der Waals surface area contributed by atoms with E-state index >= 15 is 0 Å². The fourth-order valence-corrected chi connectivity index (χ4v) is 2.19. The lowest BCUT2D eigenvalue weighted by Crippen LogP contribution is -2.13. The van der Waals surface area contributed by atoms with Gasteiger partial charge in [-0.25, -0.2) is 9.18 Å². The molecule has 0 amide bonds. The van der Waals surface area contributed by atoms with Gasteiger partial charge < -0.3 is 9.30 Å². The average Bonchev–Trinajstić information content (AvgIpc) is 2.79. The van der Waals surface area contributed by atoms with Crippen LogP contribution in [0.3, 0.4) is 0 Å². The van der Waals surface area contributed by atoms with E-state index in [2.05, 4.69) is 0 Å². The summed E-state index contributed by atoms with van der Waals surface area (Å²) in [5.74, 6) is -0.873. The first-order valence-corrected chi connectivity index (χ1v) is 6.57. The molecule has 0 saturated heterocycles. The third-order valence-corrected chi connectivity index (χ3v) is 3.07. The standard InChI is InChI=1S/C16H15FN2O2/c1-3-21-16(20)15-11(2)4-5-19(15)10-13-6-12(9-18)7-14(17)8-13/h4-8H,3,10H2,1-2H3. The highest BCUT2D eigenvalue weighted by Crippen LogP contribution is 2.16. The first-order chi connectivity index (χ1) is 10.0. The van der Waals surface area contributed by atoms with Gasteiger partial charge in [-0.15, -0.1) is 0 Å². The molecule has 0 fully saturated rings. The van der Waals surface area contributed by atoms with Crippen molar-refractivity contribution in [3.8, 4) is 6.07 Å². The maximum absolute atomic E-state index is 13.5. The van der Waals surface area contributed by atoms with E-state index in [4.69, 9.17) is 10.00 Å². The molecular weight excluding hydrogens is 271 g/mol. The fourth-order valence-electron chi connectivity index (χ4n) is 2.19. The van der Waals surface area contributed by atoms with Gasteiger partial charge in [-0.2, -0.15) is 5.26 Å². The van der Waals surface area contributed by atoms with Crippen LogP contribution in [0.2, 0.25) is 0 Å². The van der Waals surface area contributed by atoms with Gasteiger partial charge in [0.1, 0.15) is 11.5 Å². The van der Waals surface area contributed by atoms with E-state index in [9.17, 15) is 9.18 Å². The molecule has 0 N–H and O–H groups in total. The Kier molecular flexibility index (Phi) is 4.39. The number of nitriles is 1. The Labute approximate surface area is 122 Å². The molecule has 1 aromatic heterocycles. The van der Waals surface area contributed by atoms with Crippen LogP contribution in [-0.2, 0) is 11.3 Å². The van der Waals surface area contributed by atoms with Gasteiger partial charge in [0.15, 0.2) is 0 Å². The number of hydrogen-bond donors (Lipinski definition) is 0. The van der Waals surface area contributed by atoms with Crippen LogP contribution in [0.1, 0.15) is 34.1 Å². The first-order valence-electron chi connectivity index (χ1n) is 6.57. The second-order valence-electron chi connectivity index (χ2n) is 4.66. The Hall–Kier alpha value is -2.61. The summed E-state index contributed by atoms with van der Waals surface area (Å²) in [5.41, 5.74) is 2.12. The van der Waals surface area contributed by atoms with Gasteiger partial charge >= 0.3 is 5.97 Å². The molecule has 2 rings (SSSR count). The molecule has 108 valence electrons. The largest absolute Gasteiger partial charge is 0.461 e. The van der Waals surface area contributed by atoms with Crippen LogP contribution in [0.4, 0.5) is 4.39 Å². The number of carbonyl (C=O) groups excluding carboxylic acids is 1. The van der Waals surface area contributed by atoms with E-state index in [1.54, 1.807) is 29.8 Å². The highest BCUT2D eigenvalue weighted by Gasteiger charge is 2.16. The van der Waals surface area contributed by atoms with Crippen molar-refractivity contribution in [1.82, 2.24) is 4.57 Å². The molecule has 0 aliphatic carbocycles. The summed E-state index contributed by atoms with van der Waals surface area (Å²) in [4.78, 5) is 12.0. The molecule has 0 bridgehead atoms. The minimum absolute atomic E-state index is 0.256. The SMILES string of the molecule is CCOC(=O)c1c(C)ccn1Cc1cc(F)cc(C#N)c1. The van der Waals surface area contributed by atoms with E-state index in [0.717, 1.165) is 5.56 Å². The summed E-state index contributed by atoms with van der Waals surface area (Å²) in [6.07, 6.45) is 1.75. The molecule has 0 saturated carbocycles. The maximum Gasteiger partial charge on any atom is 0.355 e. The number of carbonyl (C=O) groups is 1. The number of esters is 1. The van der Waals surface area contributed by atoms with Gasteiger partial charge in [0.25, 0.3) is 0 Å². The normalized spacial score (nSPS) is 10.2. The van der Waals surface area contributed by atoms with E-state index in [1.165, 1.54) is 12.1 Å². The van der Waals surface area contributed by atoms with Gasteiger partial charge in [0.2, 0.25) is 0 Å². The number of hydrogen-bond acceptors (Lipinski definition) is 3. The lowest BCUT2D eigenvalue weighted by molar-refractivity contribution is 0.0513. The summed E-state index contributed by atoms with van der Waals surface area (Å²) in [5, 5.41) is 8.87. The number of aromatic nitrogens is 1. The minimum Gasteiger partial charge on any atom is -0.461 e. The van der Waals surface area contributed by atoms with Gasteiger partial charge in [-0.3, -0.25) is 0 Å². The summed E-state index contributed by atoms with van der Waals surface area (Å²) in [6, 6.07) is 7.85. The molecule has 1 aromatic carbocycles. The predicted molar refractivity (Wildman–Crippen MR) is 75.3 cm³/mol. The number of ether oxygens (including phenoxy) is 1. The molecule has 0 radical (unpaired) electrons. The van der Waals surface area contributed by atoms with E-state index < -0.39 is 11.8 Å². The topological polar surface area (TPSA) is 55.0 Å². The number of benzene rings is 1. The highest BCUT2D eigenvalue weighted by atomic mass is 19.1. The number of halogens is 1. The smallest absolute Gasteiger partial charge is 0.355 e. The van der Waals surface area contributed by atoms with Crippen molar-refractivity contribution < 1.29 is 13.9 Å². The van der Waals surface area contributed by atoms with Crippen LogP contribution < -0.4 is 0 Å². The zero-order chi connectivity index (χ0) is 15.4. The molecule has 21 heavy (non-hydrogen) atoms. The van der Waals surface area contributed by atoms with Crippen LogP contribution in [-0.4, -0.2) is 17.1 Å². The van der Waals surface area contributed by atoms with E-state index in [-0.39, 0.29) is 5.56 Å². The van der Waals surface area contributed by atoms with Crippen LogP contribution in [0, 0.1) is 24.1 Å². The van der Waals surface area contributed by atoms with Crippen molar-refractivity contribution in [3.63, 3.8) is 0 Å². The molecular formula is C16H15FN2O2. The third kappa shape index (κ3) is 3.29. The Morgan fingerprint density at radius 2 is 2.19 bits per heavy atom. The minimum atomic E-state index is -0.467. The molecule has 1 heterocycles. The third-order valence-electron chi connectivity index (χ3n) is 3.07. The lowest BCUT2D eigenvalue weighted by atomic mass is 10.1. The lowest BCUT2D eigenvalue weighted by Gasteiger charge is -2.10. The second-order valence-corrected chi connectivity index (χ2v) is 4.66. The number of nitrogens with zero attached hydrogens (tertiary/aromatic N) is 2. The molecule has 2 aromatic rings. The Morgan fingerprint density at radius 1 is 1.43 bits per heavy atom. The fraction of sp³-hybridized carbons (Fsp3) is 0.250. The van der Waals surface area contributed by atoms with Crippen molar-refractivity contribution in [2.24, 2.45) is 0 Å². The predicted octanol–water partition coefficient (Wildman–Crippen LogP) is 3.03. The van der Waals surface area contributed by atoms with Crippen LogP contribution >= 0.6 is 0 Å². The number of aryl methyl sites for hydroxylation is 1. The Bertz CT molecular complexity index is 714. The second kappa shape index (κ2) is 6.23. The highest BCUT2D eigenvalue weighted by molar-refractivity contribution is 5.89. The quantitative estimate of drug-likeness (QED) is 0.812. The van der Waals surface area contributed by atoms with Crippen molar-refractivity contribution in [3.05, 3.63) is 58.7 Å².